The maximum Gasteiger partial charge on any atom is 0.295 e. The van der Waals surface area contributed by atoms with Crippen LogP contribution in [0.3, 0.4) is 0 Å². The van der Waals surface area contributed by atoms with Crippen molar-refractivity contribution in [2.75, 3.05) is 26.3 Å². The van der Waals surface area contributed by atoms with Crippen LogP contribution >= 0.6 is 0 Å². The van der Waals surface area contributed by atoms with Crippen LogP contribution in [0.5, 0.6) is 0 Å². The van der Waals surface area contributed by atoms with Crippen LogP contribution in [0.4, 0.5) is 22.7 Å². The Hall–Kier alpha value is -4.48. The van der Waals surface area contributed by atoms with E-state index in [-0.39, 0.29) is 169 Å². The number of hydrogen-bond acceptors (Lipinski definition) is 16. The van der Waals surface area contributed by atoms with Gasteiger partial charge >= 0.3 is 0 Å². The molecule has 352 valence electrons. The predicted molar refractivity (Wildman–Crippen MR) is 240 cm³/mol. The van der Waals surface area contributed by atoms with E-state index >= 15 is 0 Å². The molecule has 6 rings (SSSR count). The Morgan fingerprint density at radius 3 is 1.01 bits per heavy atom. The van der Waals surface area contributed by atoms with Crippen molar-refractivity contribution >= 4 is 151 Å². The van der Waals surface area contributed by atoms with Gasteiger partial charge in [0.05, 0.1) is 58.8 Å². The van der Waals surface area contributed by atoms with E-state index in [1.165, 1.54) is 48.5 Å². The van der Waals surface area contributed by atoms with Crippen molar-refractivity contribution < 1.29 is 62.1 Å². The second-order valence-electron chi connectivity index (χ2n) is 13.2. The third-order valence-electron chi connectivity index (χ3n) is 8.35. The topological polar surface area (TPSA) is 427 Å². The summed E-state index contributed by atoms with van der Waals surface area (Å²) in [6, 6.07) is 17.0. The molecule has 0 fully saturated rings. The summed E-state index contributed by atoms with van der Waals surface area (Å²) in [6.45, 7) is -0.846. The molecule has 68 heavy (non-hydrogen) atoms. The quantitative estimate of drug-likeness (QED) is 0.0345. The third-order valence-corrected chi connectivity index (χ3v) is 11.9. The summed E-state index contributed by atoms with van der Waals surface area (Å²) < 4.78 is 136. The van der Waals surface area contributed by atoms with Crippen LogP contribution in [0.1, 0.15) is 11.1 Å². The second kappa shape index (κ2) is 23.9. The molecule has 0 aliphatic carbocycles. The van der Waals surface area contributed by atoms with Gasteiger partial charge in [0.15, 0.2) is 0 Å². The maximum absolute atomic E-state index is 12.6. The Labute approximate surface area is 443 Å². The smallest absolute Gasteiger partial charge is 0.295 e. The molecule has 32 heteroatoms. The number of hydrogen-bond donors (Lipinski definition) is 12. The van der Waals surface area contributed by atoms with Crippen molar-refractivity contribution in [3.05, 3.63) is 130 Å². The zero-order chi connectivity index (χ0) is 47.9. The first-order valence-corrected chi connectivity index (χ1v) is 24.2. The summed E-state index contributed by atoms with van der Waals surface area (Å²) in [5.41, 5.74) is -0.679. The molecule has 4 aromatic carbocycles. The van der Waals surface area contributed by atoms with Crippen LogP contribution in [0.15, 0.2) is 134 Å². The van der Waals surface area contributed by atoms with Gasteiger partial charge in [-0.25, -0.2) is 20.0 Å². The zero-order valence-electron chi connectivity index (χ0n) is 34.7. The summed E-state index contributed by atoms with van der Waals surface area (Å²) >= 11 is 0. The van der Waals surface area contributed by atoms with Gasteiger partial charge in [-0.3, -0.25) is 58.1 Å². The van der Waals surface area contributed by atoms with Crippen LogP contribution in [0.25, 0.3) is 12.2 Å². The van der Waals surface area contributed by atoms with Crippen LogP contribution in [-0.4, -0.2) is 194 Å². The average Bonchev–Trinajstić information content (AvgIpc) is 3.23. The van der Waals surface area contributed by atoms with Gasteiger partial charge in [0.2, 0.25) is 33.7 Å². The summed E-state index contributed by atoms with van der Waals surface area (Å²) in [7, 11) is -19.1. The molecule has 0 unspecified atom stereocenters. The second-order valence-corrected chi connectivity index (χ2v) is 18.8. The van der Waals surface area contributed by atoms with Gasteiger partial charge in [-0.2, -0.15) is 33.7 Å². The molecule has 6 aromatic rings. The molecule has 0 aliphatic heterocycles. The first kappa shape index (κ1) is 56.1. The van der Waals surface area contributed by atoms with Crippen molar-refractivity contribution in [3.8, 4) is 0 Å². The Bertz CT molecular complexity index is 3540. The number of rotatable bonds is 14. The van der Waals surface area contributed by atoms with E-state index in [4.69, 9.17) is 0 Å². The normalized spacial score (nSPS) is 14.1. The minimum atomic E-state index is -4.99. The number of H-pyrrole nitrogens is 6. The molecule has 0 spiro atoms. The van der Waals surface area contributed by atoms with Crippen LogP contribution < -0.4 is 33.7 Å². The summed E-state index contributed by atoms with van der Waals surface area (Å²) in [5, 5.41) is 18.6. The number of nitrogens with zero attached hydrogens (tertiary/aromatic N) is 6. The first-order valence-electron chi connectivity index (χ1n) is 18.4. The Balaban J connectivity index is 0.00000504. The van der Waals surface area contributed by atoms with E-state index in [0.717, 1.165) is 48.6 Å². The minimum absolute atomic E-state index is 0. The molecule has 12 N–H and O–H groups in total. The molecule has 0 saturated carbocycles. The van der Waals surface area contributed by atoms with Gasteiger partial charge < -0.3 is 10.2 Å². The molecule has 0 aliphatic rings. The summed E-state index contributed by atoms with van der Waals surface area (Å²) in [4.78, 5) is 39.7. The fraction of sp³-hybridized carbons (Fsp3) is 0.111. The summed E-state index contributed by atoms with van der Waals surface area (Å²) in [5.74, 6) is 0. The van der Waals surface area contributed by atoms with Gasteiger partial charge in [-0.05, 0) is 71.8 Å². The Morgan fingerprint density at radius 1 is 0.412 bits per heavy atom. The number of aromatic amines is 6. The zero-order valence-corrected chi connectivity index (χ0v) is 42.4. The standard InChI is InChI=1S/C36H36N12O14S4.2Ca/c49-15-13-37-31-43-33(39-23-3-1-5-27(17-23)63(51,52)53)47-35(45-31)41-25-11-9-21(29(19-25)65(57,58)59)7-8-22-10-12-26(20-30(22)66(60,61)62)42-36-46-32(38-14-16-50)44-34(48-36)40-24-4-2-6-28(18-24)64(54,55)56;;/h1-12,17-20,49-50H,13-16H2,(H,51,52,53)(H,54,55,56)(H,57,58,59)(H,60,61,62)(H3,37,39,41,43,45,47)(H3,38,40,42,44,46,48);;. The molecule has 4 radical (unpaired) electrons. The minimum Gasteiger partial charge on any atom is -0.394 e. The fourth-order valence-electron chi connectivity index (χ4n) is 5.60. The van der Waals surface area contributed by atoms with E-state index in [1.54, 1.807) is 0 Å². The molecular weight excluding hydrogens is 1030 g/mol. The van der Waals surface area contributed by atoms with E-state index in [2.05, 4.69) is 59.9 Å². The van der Waals surface area contributed by atoms with Gasteiger partial charge in [0.25, 0.3) is 40.5 Å². The number of nitrogens with one attached hydrogen (secondary N) is 6. The maximum atomic E-state index is 12.6. The Morgan fingerprint density at radius 2 is 0.721 bits per heavy atom. The average molecular weight is 1070 g/mol. The molecule has 0 saturated heterocycles. The molecule has 26 nitrogen and oxygen atoms in total. The Kier molecular flexibility index (Phi) is 19.7. The fourth-order valence-corrected chi connectivity index (χ4v) is 8.04. The molecule has 0 amide bonds. The van der Waals surface area contributed by atoms with Gasteiger partial charge in [-0.1, -0.05) is 36.4 Å². The number of benzene rings is 4. The summed E-state index contributed by atoms with van der Waals surface area (Å²) in [6.07, 6.45) is 2.28. The largest absolute Gasteiger partial charge is 0.394 e. The van der Waals surface area contributed by atoms with Crippen molar-refractivity contribution in [2.45, 2.75) is 19.6 Å². The van der Waals surface area contributed by atoms with Crippen LogP contribution in [0.2, 0.25) is 0 Å². The van der Waals surface area contributed by atoms with E-state index in [9.17, 15) is 62.1 Å². The molecule has 2 aromatic heterocycles. The SMILES string of the molecule is O=S(=O)(O)c1cccc(N=c2[nH]c(=NCCO)[nH]c(=Nc3ccc(C=Cc4ccc(N=c5[nH]c(=NCCO)[nH]c(=Nc6cccc(S(=O)(=O)O)c6)[nH]5)cc4S(=O)(=O)O)c(S(=O)(=O)O)c3)[nH]2)c1.[Ca].[Ca]. The molecule has 2 heterocycles. The van der Waals surface area contributed by atoms with Gasteiger partial charge in [-0.15, -0.1) is 0 Å². The number of aliphatic hydroxyl groups is 2. The van der Waals surface area contributed by atoms with E-state index < -0.39 is 60.1 Å². The van der Waals surface area contributed by atoms with Gasteiger partial charge in [0.1, 0.15) is 9.79 Å². The van der Waals surface area contributed by atoms with Crippen molar-refractivity contribution in [3.63, 3.8) is 0 Å². The molecule has 0 bridgehead atoms. The van der Waals surface area contributed by atoms with Gasteiger partial charge in [0, 0.05) is 75.5 Å². The van der Waals surface area contributed by atoms with Crippen LogP contribution in [0, 0.1) is 0 Å². The number of aromatic nitrogens is 6. The molecule has 0 atom stereocenters. The van der Waals surface area contributed by atoms with Crippen molar-refractivity contribution in [1.82, 2.24) is 29.9 Å². The van der Waals surface area contributed by atoms with Crippen molar-refractivity contribution in [1.29, 1.82) is 0 Å². The predicted octanol–water partition coefficient (Wildman–Crippen LogP) is -1.23. The third kappa shape index (κ3) is 16.0. The first-order chi connectivity index (χ1) is 31.1. The van der Waals surface area contributed by atoms with Crippen molar-refractivity contribution in [2.24, 2.45) is 30.0 Å². The number of aliphatic hydroxyl groups excluding tert-OH is 2. The van der Waals surface area contributed by atoms with E-state index in [1.807, 2.05) is 0 Å². The monoisotopic (exact) mass is 1070 g/mol. The van der Waals surface area contributed by atoms with Crippen LogP contribution in [-0.2, 0) is 40.5 Å². The van der Waals surface area contributed by atoms with E-state index in [0.29, 0.717) is 0 Å². The molecular formula is C36H36Ca2N12O14S4.